The van der Waals surface area contributed by atoms with Gasteiger partial charge in [-0.3, -0.25) is 4.79 Å². The highest BCUT2D eigenvalue weighted by Crippen LogP contribution is 2.34. The topological polar surface area (TPSA) is 67.5 Å². The lowest BCUT2D eigenvalue weighted by Gasteiger charge is -2.42. The van der Waals surface area contributed by atoms with E-state index in [-0.39, 0.29) is 17.9 Å². The average molecular weight is 326 g/mol. The smallest absolute Gasteiger partial charge is 0.254 e. The second kappa shape index (κ2) is 7.01. The largest absolute Gasteiger partial charge is 0.619 e. The van der Waals surface area contributed by atoms with Crippen molar-refractivity contribution in [2.75, 3.05) is 19.7 Å². The third kappa shape index (κ3) is 3.57. The summed E-state index contributed by atoms with van der Waals surface area (Å²) in [5.74, 6) is -0.0822. The number of carbonyl (C=O) groups excluding carboxylic acids is 1. The number of aliphatic hydroxyl groups excluding tert-OH is 1. The van der Waals surface area contributed by atoms with Crippen molar-refractivity contribution >= 4 is 5.91 Å². The molecule has 0 saturated carbocycles. The Labute approximate surface area is 141 Å². The Bertz CT molecular complexity index is 688. The normalized spacial score (nSPS) is 20.8. The Hall–Kier alpha value is -2.40. The van der Waals surface area contributed by atoms with Crippen LogP contribution >= 0.6 is 0 Å². The molecule has 1 aliphatic rings. The molecule has 2 heterocycles. The maximum atomic E-state index is 12.7. The minimum Gasteiger partial charge on any atom is -0.619 e. The molecule has 1 aromatic carbocycles. The monoisotopic (exact) mass is 326 g/mol. The SMILES string of the molecule is O=C(c1cc[n+]([O-])cc1)N1CCC[C@](CO)(Cc2ccccc2)C1. The maximum Gasteiger partial charge on any atom is 0.254 e. The predicted octanol–water partition coefficient (Wildman–Crippen LogP) is 1.78. The highest BCUT2D eigenvalue weighted by Gasteiger charge is 2.37. The number of piperidine rings is 1. The Balaban J connectivity index is 1.76. The summed E-state index contributed by atoms with van der Waals surface area (Å²) in [5, 5.41) is 21.2. The number of likely N-dealkylation sites (tertiary alicyclic amines) is 1. The number of rotatable bonds is 4. The minimum absolute atomic E-state index is 0.0566. The summed E-state index contributed by atoms with van der Waals surface area (Å²) in [6, 6.07) is 13.2. The van der Waals surface area contributed by atoms with Crippen molar-refractivity contribution in [3.8, 4) is 0 Å². The van der Waals surface area contributed by atoms with Crippen molar-refractivity contribution in [2.45, 2.75) is 19.3 Å². The minimum atomic E-state index is -0.303. The van der Waals surface area contributed by atoms with Crippen molar-refractivity contribution in [3.05, 3.63) is 71.2 Å². The summed E-state index contributed by atoms with van der Waals surface area (Å²) in [6.45, 7) is 1.27. The zero-order valence-corrected chi connectivity index (χ0v) is 13.6. The Morgan fingerprint density at radius 3 is 2.58 bits per heavy atom. The molecule has 1 fully saturated rings. The second-order valence-corrected chi connectivity index (χ2v) is 6.60. The summed E-state index contributed by atoms with van der Waals surface area (Å²) >= 11 is 0. The summed E-state index contributed by atoms with van der Waals surface area (Å²) in [6.07, 6.45) is 5.19. The molecular weight excluding hydrogens is 304 g/mol. The first-order valence-electron chi connectivity index (χ1n) is 8.25. The lowest BCUT2D eigenvalue weighted by atomic mass is 9.75. The standard InChI is InChI=1S/C19H22N2O3/c22-15-19(13-16-5-2-1-3-6-16)9-4-10-20(14-19)18(23)17-7-11-21(24)12-8-17/h1-3,5-8,11-12,22H,4,9-10,13-15H2/t19-/m0/s1. The van der Waals surface area contributed by atoms with Gasteiger partial charge in [-0.2, -0.15) is 4.73 Å². The van der Waals surface area contributed by atoms with Crippen LogP contribution in [0.4, 0.5) is 0 Å². The molecule has 5 heteroatoms. The van der Waals surface area contributed by atoms with Gasteiger partial charge in [-0.25, -0.2) is 0 Å². The molecule has 1 aliphatic heterocycles. The number of aliphatic hydroxyl groups is 1. The van der Waals surface area contributed by atoms with Crippen LogP contribution in [0.3, 0.4) is 0 Å². The lowest BCUT2D eigenvalue weighted by Crippen LogP contribution is -2.49. The van der Waals surface area contributed by atoms with Crippen molar-refractivity contribution in [2.24, 2.45) is 5.41 Å². The van der Waals surface area contributed by atoms with Gasteiger partial charge in [0.1, 0.15) is 0 Å². The van der Waals surface area contributed by atoms with Crippen LogP contribution in [-0.4, -0.2) is 35.6 Å². The number of hydrogen-bond donors (Lipinski definition) is 1. The number of nitrogens with zero attached hydrogens (tertiary/aromatic N) is 2. The van der Waals surface area contributed by atoms with Crippen LogP contribution in [0.1, 0.15) is 28.8 Å². The van der Waals surface area contributed by atoms with Gasteiger partial charge < -0.3 is 15.2 Å². The van der Waals surface area contributed by atoms with Crippen LogP contribution in [0.25, 0.3) is 0 Å². The van der Waals surface area contributed by atoms with E-state index in [0.29, 0.717) is 23.4 Å². The molecule has 1 aromatic heterocycles. The summed E-state index contributed by atoms with van der Waals surface area (Å²) in [7, 11) is 0. The predicted molar refractivity (Wildman–Crippen MR) is 90.2 cm³/mol. The van der Waals surface area contributed by atoms with Crippen molar-refractivity contribution in [1.82, 2.24) is 4.90 Å². The van der Waals surface area contributed by atoms with E-state index in [4.69, 9.17) is 0 Å². The molecule has 3 rings (SSSR count). The molecule has 0 radical (unpaired) electrons. The molecule has 5 nitrogen and oxygen atoms in total. The first-order valence-corrected chi connectivity index (χ1v) is 8.25. The molecule has 1 amide bonds. The molecule has 0 aliphatic carbocycles. The van der Waals surface area contributed by atoms with Gasteiger partial charge in [-0.1, -0.05) is 30.3 Å². The molecule has 126 valence electrons. The third-order valence-corrected chi connectivity index (χ3v) is 4.75. The fourth-order valence-electron chi connectivity index (χ4n) is 3.48. The van der Waals surface area contributed by atoms with Crippen LogP contribution in [-0.2, 0) is 6.42 Å². The lowest BCUT2D eigenvalue weighted by molar-refractivity contribution is -0.605. The van der Waals surface area contributed by atoms with E-state index in [0.717, 1.165) is 19.3 Å². The van der Waals surface area contributed by atoms with Gasteiger partial charge >= 0.3 is 0 Å². The van der Waals surface area contributed by atoms with Crippen molar-refractivity contribution in [3.63, 3.8) is 0 Å². The van der Waals surface area contributed by atoms with E-state index >= 15 is 0 Å². The molecule has 1 saturated heterocycles. The highest BCUT2D eigenvalue weighted by molar-refractivity contribution is 5.94. The van der Waals surface area contributed by atoms with Crippen LogP contribution in [0.5, 0.6) is 0 Å². The number of carbonyl (C=O) groups is 1. The number of aromatic nitrogens is 1. The Morgan fingerprint density at radius 2 is 1.92 bits per heavy atom. The number of benzene rings is 1. The molecule has 0 bridgehead atoms. The van der Waals surface area contributed by atoms with Crippen LogP contribution in [0, 0.1) is 10.6 Å². The number of amides is 1. The fourth-order valence-corrected chi connectivity index (χ4v) is 3.48. The van der Waals surface area contributed by atoms with Crippen LogP contribution in [0.2, 0.25) is 0 Å². The highest BCUT2D eigenvalue weighted by atomic mass is 16.5. The number of pyridine rings is 1. The molecule has 1 atom stereocenters. The average Bonchev–Trinajstić information content (AvgIpc) is 2.63. The number of hydrogen-bond acceptors (Lipinski definition) is 3. The van der Waals surface area contributed by atoms with E-state index in [1.54, 1.807) is 17.0 Å². The Morgan fingerprint density at radius 1 is 1.21 bits per heavy atom. The zero-order chi connectivity index (χ0) is 17.0. The zero-order valence-electron chi connectivity index (χ0n) is 13.6. The first kappa shape index (κ1) is 16.5. The Kier molecular flexibility index (Phi) is 4.81. The van der Waals surface area contributed by atoms with Gasteiger partial charge in [0.25, 0.3) is 5.91 Å². The quantitative estimate of drug-likeness (QED) is 0.688. The van der Waals surface area contributed by atoms with Gasteiger partial charge in [-0.15, -0.1) is 0 Å². The van der Waals surface area contributed by atoms with E-state index < -0.39 is 0 Å². The molecule has 0 unspecified atom stereocenters. The van der Waals surface area contributed by atoms with Gasteiger partial charge in [0, 0.05) is 30.6 Å². The van der Waals surface area contributed by atoms with E-state index in [1.165, 1.54) is 18.0 Å². The molecular formula is C19H22N2O3. The van der Waals surface area contributed by atoms with E-state index in [9.17, 15) is 15.1 Å². The fraction of sp³-hybridized carbons (Fsp3) is 0.368. The van der Waals surface area contributed by atoms with E-state index in [2.05, 4.69) is 12.1 Å². The summed E-state index contributed by atoms with van der Waals surface area (Å²) in [4.78, 5) is 14.5. The summed E-state index contributed by atoms with van der Waals surface area (Å²) < 4.78 is 0.667. The van der Waals surface area contributed by atoms with Gasteiger partial charge in [-0.05, 0) is 24.8 Å². The first-order chi connectivity index (χ1) is 11.6. The van der Waals surface area contributed by atoms with Gasteiger partial charge in [0.15, 0.2) is 12.4 Å². The second-order valence-electron chi connectivity index (χ2n) is 6.60. The van der Waals surface area contributed by atoms with E-state index in [1.807, 2.05) is 18.2 Å². The summed E-state index contributed by atoms with van der Waals surface area (Å²) in [5.41, 5.74) is 1.38. The van der Waals surface area contributed by atoms with Gasteiger partial charge in [0.2, 0.25) is 0 Å². The molecule has 0 spiro atoms. The van der Waals surface area contributed by atoms with Gasteiger partial charge in [0.05, 0.1) is 12.2 Å². The molecule has 24 heavy (non-hydrogen) atoms. The van der Waals surface area contributed by atoms with Crippen molar-refractivity contribution < 1.29 is 14.6 Å². The van der Waals surface area contributed by atoms with Crippen LogP contribution in [0.15, 0.2) is 54.9 Å². The maximum absolute atomic E-state index is 12.7. The third-order valence-electron chi connectivity index (χ3n) is 4.75. The molecule has 2 aromatic rings. The van der Waals surface area contributed by atoms with Crippen LogP contribution < -0.4 is 4.73 Å². The van der Waals surface area contributed by atoms with Crippen molar-refractivity contribution in [1.29, 1.82) is 0 Å². The molecule has 1 N–H and O–H groups in total.